The zero-order valence-electron chi connectivity index (χ0n) is 8.18. The summed E-state index contributed by atoms with van der Waals surface area (Å²) in [6.45, 7) is 6.47. The van der Waals surface area contributed by atoms with E-state index >= 15 is 0 Å². The molecule has 0 radical (unpaired) electrons. The van der Waals surface area contributed by atoms with E-state index < -0.39 is 0 Å². The van der Waals surface area contributed by atoms with Crippen LogP contribution in [0.1, 0.15) is 35.6 Å². The maximum Gasteiger partial charge on any atom is 0.183 e. The van der Waals surface area contributed by atoms with Gasteiger partial charge in [0.1, 0.15) is 5.69 Å². The van der Waals surface area contributed by atoms with Gasteiger partial charge in [-0.05, 0) is 13.3 Å². The summed E-state index contributed by atoms with van der Waals surface area (Å²) in [5, 5.41) is 4.02. The molecule has 0 aliphatic carbocycles. The fraction of sp³-hybridized carbons (Fsp3) is 0.556. The van der Waals surface area contributed by atoms with Crippen LogP contribution in [0.25, 0.3) is 0 Å². The summed E-state index contributed by atoms with van der Waals surface area (Å²) in [7, 11) is 0. The molecule has 1 heterocycles. The first kappa shape index (κ1) is 10.2. The topological polar surface area (TPSA) is 42.0 Å². The molecule has 4 heteroatoms. The van der Waals surface area contributed by atoms with E-state index in [0.29, 0.717) is 5.69 Å². The van der Waals surface area contributed by atoms with Crippen molar-refractivity contribution >= 4 is 22.3 Å². The molecule has 1 aromatic heterocycles. The van der Waals surface area contributed by atoms with Crippen LogP contribution in [0.5, 0.6) is 0 Å². The number of aromatic nitrogens is 1. The lowest BCUT2D eigenvalue weighted by Crippen LogP contribution is -2.00. The molecule has 0 atom stereocenters. The minimum Gasteiger partial charge on any atom is -0.362 e. The van der Waals surface area contributed by atoms with Gasteiger partial charge in [0.15, 0.2) is 10.9 Å². The molecule has 13 heavy (non-hydrogen) atoms. The van der Waals surface area contributed by atoms with Gasteiger partial charge in [-0.3, -0.25) is 4.79 Å². The average Bonchev–Trinajstić information content (AvgIpc) is 2.43. The van der Waals surface area contributed by atoms with Gasteiger partial charge in [-0.15, -0.1) is 11.3 Å². The molecule has 0 bridgehead atoms. The largest absolute Gasteiger partial charge is 0.362 e. The molecule has 0 spiro atoms. The van der Waals surface area contributed by atoms with Gasteiger partial charge in [0, 0.05) is 18.3 Å². The van der Waals surface area contributed by atoms with Crippen LogP contribution in [0.4, 0.5) is 5.13 Å². The quantitative estimate of drug-likeness (QED) is 0.756. The predicted molar refractivity (Wildman–Crippen MR) is 55.6 cm³/mol. The first-order valence-corrected chi connectivity index (χ1v) is 5.19. The van der Waals surface area contributed by atoms with Gasteiger partial charge < -0.3 is 5.32 Å². The Morgan fingerprint density at radius 3 is 2.77 bits per heavy atom. The first-order chi connectivity index (χ1) is 6.15. The minimum absolute atomic E-state index is 0.0401. The zero-order valence-corrected chi connectivity index (χ0v) is 8.99. The van der Waals surface area contributed by atoms with E-state index in [2.05, 4.69) is 17.2 Å². The monoisotopic (exact) mass is 198 g/mol. The molecule has 72 valence electrons. The Kier molecular flexibility index (Phi) is 3.42. The summed E-state index contributed by atoms with van der Waals surface area (Å²) in [5.41, 5.74) is 0.601. The molecule has 0 fully saturated rings. The lowest BCUT2D eigenvalue weighted by molar-refractivity contribution is 0.101. The van der Waals surface area contributed by atoms with Crippen molar-refractivity contribution in [3.63, 3.8) is 0 Å². The second-order valence-electron chi connectivity index (χ2n) is 2.91. The Labute approximate surface area is 82.2 Å². The predicted octanol–water partition coefficient (Wildman–Crippen LogP) is 2.48. The van der Waals surface area contributed by atoms with Gasteiger partial charge in [0.2, 0.25) is 0 Å². The van der Waals surface area contributed by atoms with Gasteiger partial charge in [0.25, 0.3) is 0 Å². The van der Waals surface area contributed by atoms with E-state index in [4.69, 9.17) is 0 Å². The van der Waals surface area contributed by atoms with Gasteiger partial charge in [-0.1, -0.05) is 6.92 Å². The maximum atomic E-state index is 11.1. The number of ketones is 1. The molecular formula is C9H14N2OS. The van der Waals surface area contributed by atoms with Crippen molar-refractivity contribution in [1.29, 1.82) is 0 Å². The third kappa shape index (κ3) is 2.52. The van der Waals surface area contributed by atoms with E-state index in [9.17, 15) is 4.79 Å². The van der Waals surface area contributed by atoms with Gasteiger partial charge in [-0.25, -0.2) is 4.98 Å². The van der Waals surface area contributed by atoms with Crippen molar-refractivity contribution in [1.82, 2.24) is 4.98 Å². The Balaban J connectivity index is 2.76. The maximum absolute atomic E-state index is 11.1. The summed E-state index contributed by atoms with van der Waals surface area (Å²) in [5.74, 6) is 0.0401. The molecule has 0 aliphatic heterocycles. The Hall–Kier alpha value is -0.900. The molecule has 3 nitrogen and oxygen atoms in total. The van der Waals surface area contributed by atoms with Crippen LogP contribution < -0.4 is 5.32 Å². The number of carbonyl (C=O) groups excluding carboxylic acids is 1. The second kappa shape index (κ2) is 4.37. The number of rotatable bonds is 4. The third-order valence-electron chi connectivity index (χ3n) is 1.66. The highest BCUT2D eigenvalue weighted by Gasteiger charge is 2.10. The standard InChI is InChI=1S/C9H14N2OS/c1-4-5-10-9-11-8(6(2)12)7(3)13-9/h4-5H2,1-3H3,(H,10,11). The molecule has 0 amide bonds. The number of carbonyl (C=O) groups is 1. The number of aryl methyl sites for hydroxylation is 1. The number of anilines is 1. The lowest BCUT2D eigenvalue weighted by Gasteiger charge is -1.96. The van der Waals surface area contributed by atoms with E-state index in [1.54, 1.807) is 6.92 Å². The van der Waals surface area contributed by atoms with Crippen molar-refractivity contribution in [3.05, 3.63) is 10.6 Å². The van der Waals surface area contributed by atoms with Crippen LogP contribution in [0.2, 0.25) is 0 Å². The Bertz CT molecular complexity index is 307. The number of nitrogens with zero attached hydrogens (tertiary/aromatic N) is 1. The van der Waals surface area contributed by atoms with E-state index in [1.165, 1.54) is 11.3 Å². The molecular weight excluding hydrogens is 184 g/mol. The zero-order chi connectivity index (χ0) is 9.84. The van der Waals surface area contributed by atoms with Crippen LogP contribution in [0, 0.1) is 6.92 Å². The molecule has 0 saturated heterocycles. The fourth-order valence-electron chi connectivity index (χ4n) is 1.03. The van der Waals surface area contributed by atoms with Crippen LogP contribution in [-0.4, -0.2) is 17.3 Å². The van der Waals surface area contributed by atoms with Gasteiger partial charge in [-0.2, -0.15) is 0 Å². The number of hydrogen-bond donors (Lipinski definition) is 1. The summed E-state index contributed by atoms with van der Waals surface area (Å²) in [6.07, 6.45) is 1.06. The van der Waals surface area contributed by atoms with Gasteiger partial charge in [0.05, 0.1) is 0 Å². The van der Waals surface area contributed by atoms with E-state index in [0.717, 1.165) is 23.0 Å². The number of hydrogen-bond acceptors (Lipinski definition) is 4. The molecule has 0 aromatic carbocycles. The minimum atomic E-state index is 0.0401. The number of thiazole rings is 1. The van der Waals surface area contributed by atoms with Crippen molar-refractivity contribution in [3.8, 4) is 0 Å². The van der Waals surface area contributed by atoms with Crippen molar-refractivity contribution in [2.45, 2.75) is 27.2 Å². The molecule has 0 saturated carbocycles. The molecule has 0 unspecified atom stereocenters. The number of Topliss-reactive ketones (excluding diaryl/α,β-unsaturated/α-hetero) is 1. The van der Waals surface area contributed by atoms with Crippen molar-refractivity contribution in [2.24, 2.45) is 0 Å². The summed E-state index contributed by atoms with van der Waals surface area (Å²) >= 11 is 1.54. The van der Waals surface area contributed by atoms with Crippen LogP contribution in [0.15, 0.2) is 0 Å². The van der Waals surface area contributed by atoms with E-state index in [-0.39, 0.29) is 5.78 Å². The van der Waals surface area contributed by atoms with E-state index in [1.807, 2.05) is 6.92 Å². The molecule has 1 rings (SSSR count). The highest BCUT2D eigenvalue weighted by molar-refractivity contribution is 7.15. The van der Waals surface area contributed by atoms with Crippen molar-refractivity contribution in [2.75, 3.05) is 11.9 Å². The lowest BCUT2D eigenvalue weighted by atomic mass is 10.3. The summed E-state index contributed by atoms with van der Waals surface area (Å²) in [6, 6.07) is 0. The second-order valence-corrected chi connectivity index (χ2v) is 4.11. The Morgan fingerprint density at radius 1 is 1.62 bits per heavy atom. The normalized spacial score (nSPS) is 10.1. The molecule has 0 aliphatic rings. The van der Waals surface area contributed by atoms with Gasteiger partial charge >= 0.3 is 0 Å². The summed E-state index contributed by atoms with van der Waals surface area (Å²) < 4.78 is 0. The molecule has 1 aromatic rings. The number of nitrogens with one attached hydrogen (secondary N) is 1. The highest BCUT2D eigenvalue weighted by Crippen LogP contribution is 2.21. The van der Waals surface area contributed by atoms with Crippen LogP contribution in [0.3, 0.4) is 0 Å². The molecule has 1 N–H and O–H groups in total. The van der Waals surface area contributed by atoms with Crippen LogP contribution >= 0.6 is 11.3 Å². The smallest absolute Gasteiger partial charge is 0.183 e. The van der Waals surface area contributed by atoms with Crippen LogP contribution in [-0.2, 0) is 0 Å². The highest BCUT2D eigenvalue weighted by atomic mass is 32.1. The van der Waals surface area contributed by atoms with Crippen molar-refractivity contribution < 1.29 is 4.79 Å². The average molecular weight is 198 g/mol. The Morgan fingerprint density at radius 2 is 2.31 bits per heavy atom. The first-order valence-electron chi connectivity index (χ1n) is 4.37. The summed E-state index contributed by atoms with van der Waals surface area (Å²) in [4.78, 5) is 16.3. The third-order valence-corrected chi connectivity index (χ3v) is 2.58. The fourth-order valence-corrected chi connectivity index (χ4v) is 1.92. The SMILES string of the molecule is CCCNc1nc(C(C)=O)c(C)s1.